The monoisotopic (exact) mass is 428 g/mol. The summed E-state index contributed by atoms with van der Waals surface area (Å²) in [5, 5.41) is 5.45. The Morgan fingerprint density at radius 3 is 2.66 bits per heavy atom. The molecule has 0 unspecified atom stereocenters. The van der Waals surface area contributed by atoms with E-state index in [4.69, 9.17) is 23.9 Å². The van der Waals surface area contributed by atoms with Gasteiger partial charge in [0, 0.05) is 25.5 Å². The number of hydrogen-bond acceptors (Lipinski definition) is 8. The molecule has 0 aliphatic carbocycles. The summed E-state index contributed by atoms with van der Waals surface area (Å²) >= 11 is 0. The van der Waals surface area contributed by atoms with Crippen LogP contribution in [0.4, 0.5) is 5.82 Å². The van der Waals surface area contributed by atoms with Gasteiger partial charge in [0.1, 0.15) is 5.52 Å². The van der Waals surface area contributed by atoms with E-state index in [1.165, 1.54) is 0 Å². The van der Waals surface area contributed by atoms with Crippen molar-refractivity contribution < 1.29 is 13.9 Å². The molecule has 6 rings (SSSR count). The highest BCUT2D eigenvalue weighted by molar-refractivity contribution is 6.04. The fourth-order valence-corrected chi connectivity index (χ4v) is 3.97. The van der Waals surface area contributed by atoms with Crippen LogP contribution in [0.25, 0.3) is 39.3 Å². The molecule has 1 fully saturated rings. The summed E-state index contributed by atoms with van der Waals surface area (Å²) in [6.45, 7) is 2.70. The highest BCUT2D eigenvalue weighted by Gasteiger charge is 2.24. The van der Waals surface area contributed by atoms with Crippen molar-refractivity contribution in [2.24, 2.45) is 0 Å². The number of aromatic nitrogens is 5. The second kappa shape index (κ2) is 7.61. The molecule has 1 aromatic carbocycles. The molecule has 0 saturated carbocycles. The summed E-state index contributed by atoms with van der Waals surface area (Å²) in [6.07, 6.45) is 3.59. The van der Waals surface area contributed by atoms with Crippen molar-refractivity contribution in [2.45, 2.75) is 0 Å². The highest BCUT2D eigenvalue weighted by Crippen LogP contribution is 2.34. The van der Waals surface area contributed by atoms with Gasteiger partial charge in [0.2, 0.25) is 11.6 Å². The minimum absolute atomic E-state index is 0.436. The first-order valence-electron chi connectivity index (χ1n) is 10.4. The van der Waals surface area contributed by atoms with Gasteiger partial charge in [-0.2, -0.15) is 4.98 Å². The number of benzene rings is 1. The van der Waals surface area contributed by atoms with Crippen molar-refractivity contribution >= 4 is 28.0 Å². The van der Waals surface area contributed by atoms with Gasteiger partial charge in [-0.3, -0.25) is 0 Å². The molecule has 5 heterocycles. The third-order valence-electron chi connectivity index (χ3n) is 5.53. The van der Waals surface area contributed by atoms with Crippen molar-refractivity contribution in [3.05, 3.63) is 54.9 Å². The van der Waals surface area contributed by atoms with Crippen molar-refractivity contribution in [1.82, 2.24) is 24.7 Å². The minimum Gasteiger partial charge on any atom is -0.479 e. The number of hydrogen-bond donors (Lipinski definition) is 0. The first kappa shape index (κ1) is 18.8. The second-order valence-electron chi connectivity index (χ2n) is 7.45. The minimum atomic E-state index is 0.436. The van der Waals surface area contributed by atoms with E-state index >= 15 is 0 Å². The van der Waals surface area contributed by atoms with Gasteiger partial charge in [0.25, 0.3) is 5.95 Å². The Balaban J connectivity index is 1.57. The van der Waals surface area contributed by atoms with E-state index in [0.717, 1.165) is 16.5 Å². The summed E-state index contributed by atoms with van der Waals surface area (Å²) in [6, 6.07) is 13.8. The van der Waals surface area contributed by atoms with Gasteiger partial charge in [0.15, 0.2) is 11.4 Å². The Morgan fingerprint density at radius 1 is 1.00 bits per heavy atom. The maximum Gasteiger partial charge on any atom is 0.253 e. The number of fused-ring (bicyclic) bond motifs is 3. The molecule has 0 radical (unpaired) electrons. The Hall–Kier alpha value is -3.98. The van der Waals surface area contributed by atoms with Crippen molar-refractivity contribution in [2.75, 3.05) is 38.3 Å². The first-order chi connectivity index (χ1) is 15.8. The normalized spacial score (nSPS) is 14.3. The van der Waals surface area contributed by atoms with Gasteiger partial charge in [-0.25, -0.2) is 14.6 Å². The van der Waals surface area contributed by atoms with Crippen LogP contribution in [0.5, 0.6) is 5.88 Å². The van der Waals surface area contributed by atoms with Gasteiger partial charge in [-0.15, -0.1) is 5.10 Å². The number of ether oxygens (including phenoxy) is 2. The van der Waals surface area contributed by atoms with Crippen LogP contribution in [0.1, 0.15) is 0 Å². The lowest BCUT2D eigenvalue weighted by Gasteiger charge is -2.27. The van der Waals surface area contributed by atoms with Gasteiger partial charge in [-0.1, -0.05) is 30.3 Å². The molecule has 160 valence electrons. The molecular weight excluding hydrogens is 408 g/mol. The van der Waals surface area contributed by atoms with Crippen LogP contribution in [0.2, 0.25) is 0 Å². The van der Waals surface area contributed by atoms with Crippen molar-refractivity contribution in [3.63, 3.8) is 0 Å². The second-order valence-corrected chi connectivity index (χ2v) is 7.45. The standard InChI is InChI=1S/C23H20N6O3/c1-30-22-17(15-6-3-2-4-7-15)14-29(27-22)23-25-18-16-8-5-9-24-21(16)32-19(18)20(26-23)28-10-12-31-13-11-28/h2-9,14H,10-13H2,1H3. The highest BCUT2D eigenvalue weighted by atomic mass is 16.5. The van der Waals surface area contributed by atoms with Crippen LogP contribution in [-0.2, 0) is 4.74 Å². The summed E-state index contributed by atoms with van der Waals surface area (Å²) in [7, 11) is 1.61. The van der Waals surface area contributed by atoms with E-state index in [0.29, 0.717) is 60.8 Å². The summed E-state index contributed by atoms with van der Waals surface area (Å²) in [5.74, 6) is 1.65. The Morgan fingerprint density at radius 2 is 1.84 bits per heavy atom. The molecule has 0 amide bonds. The molecule has 9 heteroatoms. The lowest BCUT2D eigenvalue weighted by Crippen LogP contribution is -2.37. The predicted molar refractivity (Wildman–Crippen MR) is 119 cm³/mol. The van der Waals surface area contributed by atoms with Crippen LogP contribution in [-0.4, -0.2) is 58.1 Å². The lowest BCUT2D eigenvalue weighted by atomic mass is 10.1. The number of rotatable bonds is 4. The van der Waals surface area contributed by atoms with Crippen LogP contribution < -0.4 is 9.64 Å². The molecule has 0 spiro atoms. The molecule has 1 aliphatic heterocycles. The predicted octanol–water partition coefficient (Wildman–Crippen LogP) is 3.47. The maximum atomic E-state index is 6.07. The van der Waals surface area contributed by atoms with Gasteiger partial charge < -0.3 is 18.8 Å². The first-order valence-corrected chi connectivity index (χ1v) is 10.4. The van der Waals surface area contributed by atoms with Gasteiger partial charge in [-0.05, 0) is 17.7 Å². The molecule has 1 aliphatic rings. The van der Waals surface area contributed by atoms with E-state index in [-0.39, 0.29) is 0 Å². The van der Waals surface area contributed by atoms with Crippen LogP contribution >= 0.6 is 0 Å². The molecule has 0 N–H and O–H groups in total. The third kappa shape index (κ3) is 3.05. The number of morpholine rings is 1. The molecule has 32 heavy (non-hydrogen) atoms. The van der Waals surface area contributed by atoms with E-state index in [1.54, 1.807) is 18.0 Å². The van der Waals surface area contributed by atoms with E-state index in [2.05, 4.69) is 15.0 Å². The molecular formula is C23H20N6O3. The van der Waals surface area contributed by atoms with E-state index in [1.807, 2.05) is 48.7 Å². The molecule has 0 bridgehead atoms. The van der Waals surface area contributed by atoms with Crippen LogP contribution in [0.15, 0.2) is 59.3 Å². The Labute approximate surface area is 183 Å². The average Bonchev–Trinajstić information content (AvgIpc) is 3.46. The molecule has 4 aromatic heterocycles. The fourth-order valence-electron chi connectivity index (χ4n) is 3.97. The summed E-state index contributed by atoms with van der Waals surface area (Å²) in [4.78, 5) is 16.2. The zero-order valence-corrected chi connectivity index (χ0v) is 17.4. The average molecular weight is 428 g/mol. The SMILES string of the molecule is COc1nn(-c2nc(N3CCOCC3)c3oc4ncccc4c3n2)cc1-c1ccccc1. The van der Waals surface area contributed by atoms with Gasteiger partial charge in [0.05, 0.1) is 31.3 Å². The molecule has 5 aromatic rings. The van der Waals surface area contributed by atoms with Gasteiger partial charge >= 0.3 is 0 Å². The number of pyridine rings is 1. The Bertz CT molecular complexity index is 1410. The van der Waals surface area contributed by atoms with Crippen molar-refractivity contribution in [1.29, 1.82) is 0 Å². The zero-order chi connectivity index (χ0) is 21.5. The number of methoxy groups -OCH3 is 1. The van der Waals surface area contributed by atoms with E-state index < -0.39 is 0 Å². The zero-order valence-electron chi connectivity index (χ0n) is 17.4. The quantitative estimate of drug-likeness (QED) is 0.430. The number of anilines is 1. The smallest absolute Gasteiger partial charge is 0.253 e. The molecule has 9 nitrogen and oxygen atoms in total. The fraction of sp³-hybridized carbons (Fsp3) is 0.217. The summed E-state index contributed by atoms with van der Waals surface area (Å²) < 4.78 is 18.8. The van der Waals surface area contributed by atoms with Crippen LogP contribution in [0, 0.1) is 0 Å². The third-order valence-corrected chi connectivity index (χ3v) is 5.53. The number of furan rings is 1. The molecule has 0 atom stereocenters. The topological polar surface area (TPSA) is 91.3 Å². The Kier molecular flexibility index (Phi) is 4.46. The molecule has 1 saturated heterocycles. The van der Waals surface area contributed by atoms with Crippen molar-refractivity contribution in [3.8, 4) is 23.0 Å². The number of nitrogens with zero attached hydrogens (tertiary/aromatic N) is 6. The van der Waals surface area contributed by atoms with E-state index in [9.17, 15) is 0 Å². The summed E-state index contributed by atoms with van der Waals surface area (Å²) in [5.41, 5.74) is 3.72. The maximum absolute atomic E-state index is 6.07. The van der Waals surface area contributed by atoms with Crippen LogP contribution in [0.3, 0.4) is 0 Å². The largest absolute Gasteiger partial charge is 0.479 e. The lowest BCUT2D eigenvalue weighted by molar-refractivity contribution is 0.122.